The number of aryl methyl sites for hydroxylation is 1. The van der Waals surface area contributed by atoms with Crippen molar-refractivity contribution in [1.29, 1.82) is 0 Å². The summed E-state index contributed by atoms with van der Waals surface area (Å²) in [6.07, 6.45) is 0.404. The van der Waals surface area contributed by atoms with Crippen LogP contribution in [0.1, 0.15) is 56.9 Å². The summed E-state index contributed by atoms with van der Waals surface area (Å²) < 4.78 is 6.80. The molecule has 38 heavy (non-hydrogen) atoms. The molecular formula is C32H39BrN2O3. The molecule has 1 N–H and O–H groups in total. The van der Waals surface area contributed by atoms with Crippen LogP contribution in [0.3, 0.4) is 0 Å². The van der Waals surface area contributed by atoms with Gasteiger partial charge in [-0.25, -0.2) is 0 Å². The molecule has 0 unspecified atom stereocenters. The minimum Gasteiger partial charge on any atom is -0.483 e. The van der Waals surface area contributed by atoms with Gasteiger partial charge < -0.3 is 15.0 Å². The Bertz CT molecular complexity index is 1230. The van der Waals surface area contributed by atoms with Crippen molar-refractivity contribution in [3.63, 3.8) is 0 Å². The van der Waals surface area contributed by atoms with E-state index in [1.807, 2.05) is 93.6 Å². The molecule has 0 aromatic heterocycles. The Morgan fingerprint density at radius 2 is 1.63 bits per heavy atom. The van der Waals surface area contributed by atoms with Crippen LogP contribution < -0.4 is 10.1 Å². The molecule has 2 amide bonds. The molecule has 0 spiro atoms. The van der Waals surface area contributed by atoms with Gasteiger partial charge >= 0.3 is 0 Å². The number of carbonyl (C=O) groups excluding carboxylic acids is 2. The van der Waals surface area contributed by atoms with E-state index in [1.54, 1.807) is 4.90 Å². The second-order valence-electron chi connectivity index (χ2n) is 11.0. The average molecular weight is 580 g/mol. The van der Waals surface area contributed by atoms with Crippen molar-refractivity contribution in [2.75, 3.05) is 6.61 Å². The fraction of sp³-hybridized carbons (Fsp3) is 0.375. The highest BCUT2D eigenvalue weighted by Crippen LogP contribution is 2.31. The summed E-state index contributed by atoms with van der Waals surface area (Å²) in [7, 11) is 0. The first kappa shape index (κ1) is 29.4. The molecule has 0 fully saturated rings. The zero-order chi connectivity index (χ0) is 27.9. The molecule has 0 aliphatic rings. The number of hydrogen-bond acceptors (Lipinski definition) is 3. The van der Waals surface area contributed by atoms with Gasteiger partial charge in [0.05, 0.1) is 4.47 Å². The summed E-state index contributed by atoms with van der Waals surface area (Å²) in [5.74, 6) is 0.162. The Morgan fingerprint density at radius 1 is 0.974 bits per heavy atom. The third kappa shape index (κ3) is 8.19. The summed E-state index contributed by atoms with van der Waals surface area (Å²) >= 11 is 3.60. The minimum absolute atomic E-state index is 0.00432. The molecule has 1 atom stereocenters. The lowest BCUT2D eigenvalue weighted by Gasteiger charge is -2.32. The number of ether oxygens (including phenoxy) is 1. The fourth-order valence-electron chi connectivity index (χ4n) is 4.21. The monoisotopic (exact) mass is 578 g/mol. The first-order valence-corrected chi connectivity index (χ1v) is 13.9. The third-order valence-electron chi connectivity index (χ3n) is 6.45. The van der Waals surface area contributed by atoms with E-state index in [0.717, 1.165) is 26.7 Å². The third-order valence-corrected chi connectivity index (χ3v) is 7.07. The zero-order valence-corrected chi connectivity index (χ0v) is 24.8. The van der Waals surface area contributed by atoms with Gasteiger partial charge in [-0.05, 0) is 76.5 Å². The highest BCUT2D eigenvalue weighted by molar-refractivity contribution is 9.10. The number of amides is 2. The van der Waals surface area contributed by atoms with E-state index in [4.69, 9.17) is 4.74 Å². The van der Waals surface area contributed by atoms with Crippen LogP contribution in [0.5, 0.6) is 5.75 Å². The zero-order valence-electron chi connectivity index (χ0n) is 23.3. The van der Waals surface area contributed by atoms with Crippen molar-refractivity contribution in [3.05, 3.63) is 99.5 Å². The van der Waals surface area contributed by atoms with Crippen LogP contribution >= 0.6 is 15.9 Å². The number of nitrogens with zero attached hydrogens (tertiary/aromatic N) is 1. The number of nitrogens with one attached hydrogen (secondary N) is 1. The molecule has 0 heterocycles. The SMILES string of the molecule is Cc1ccccc1CN(C(=O)COc1ccc(C(C)(C)C)cc1Br)[C@@H](Cc1ccccc1)C(=O)NC(C)C. The molecule has 0 saturated carbocycles. The number of halogens is 1. The van der Waals surface area contributed by atoms with Gasteiger partial charge in [-0.2, -0.15) is 0 Å². The Morgan fingerprint density at radius 3 is 2.24 bits per heavy atom. The van der Waals surface area contributed by atoms with E-state index in [0.29, 0.717) is 18.7 Å². The predicted octanol–water partition coefficient (Wildman–Crippen LogP) is 6.60. The van der Waals surface area contributed by atoms with Crippen molar-refractivity contribution < 1.29 is 14.3 Å². The van der Waals surface area contributed by atoms with Gasteiger partial charge in [-0.3, -0.25) is 9.59 Å². The van der Waals surface area contributed by atoms with Crippen LogP contribution in [0.2, 0.25) is 0 Å². The number of rotatable bonds is 10. The molecule has 3 aromatic carbocycles. The van der Waals surface area contributed by atoms with Gasteiger partial charge in [0, 0.05) is 19.0 Å². The molecule has 0 bridgehead atoms. The van der Waals surface area contributed by atoms with E-state index >= 15 is 0 Å². The quantitative estimate of drug-likeness (QED) is 0.295. The molecule has 3 rings (SSSR count). The molecule has 0 aliphatic carbocycles. The largest absolute Gasteiger partial charge is 0.483 e. The van der Waals surface area contributed by atoms with Crippen molar-refractivity contribution in [1.82, 2.24) is 10.2 Å². The van der Waals surface area contributed by atoms with E-state index < -0.39 is 6.04 Å². The lowest BCUT2D eigenvalue weighted by molar-refractivity contribution is -0.143. The molecule has 0 aliphatic heterocycles. The summed E-state index contributed by atoms with van der Waals surface area (Å²) in [5.41, 5.74) is 4.20. The maximum absolute atomic E-state index is 13.8. The minimum atomic E-state index is -0.692. The predicted molar refractivity (Wildman–Crippen MR) is 157 cm³/mol. The van der Waals surface area contributed by atoms with Crippen molar-refractivity contribution in [2.24, 2.45) is 0 Å². The lowest BCUT2D eigenvalue weighted by Crippen LogP contribution is -2.52. The number of hydrogen-bond donors (Lipinski definition) is 1. The Balaban J connectivity index is 1.92. The second kappa shape index (κ2) is 13.1. The molecule has 3 aromatic rings. The summed E-state index contributed by atoms with van der Waals surface area (Å²) in [5, 5.41) is 3.02. The van der Waals surface area contributed by atoms with Gasteiger partial charge in [0.2, 0.25) is 5.91 Å². The molecule has 6 heteroatoms. The van der Waals surface area contributed by atoms with Gasteiger partial charge in [0.25, 0.3) is 5.91 Å². The lowest BCUT2D eigenvalue weighted by atomic mass is 9.87. The normalized spacial score (nSPS) is 12.2. The average Bonchev–Trinajstić information content (AvgIpc) is 2.85. The van der Waals surface area contributed by atoms with Crippen LogP contribution in [0.25, 0.3) is 0 Å². The standard InChI is InChI=1S/C32H39BrN2O3/c1-22(2)34-31(37)28(18-24-13-8-7-9-14-24)35(20-25-15-11-10-12-23(25)3)30(36)21-38-29-17-16-26(19-27(29)33)32(4,5)6/h7-17,19,22,28H,18,20-21H2,1-6H3,(H,34,37)/t28-/m0/s1. The van der Waals surface area contributed by atoms with Crippen LogP contribution in [-0.4, -0.2) is 35.4 Å². The highest BCUT2D eigenvalue weighted by atomic mass is 79.9. The number of carbonyl (C=O) groups is 2. The Hall–Kier alpha value is -3.12. The molecular weight excluding hydrogens is 540 g/mol. The molecule has 5 nitrogen and oxygen atoms in total. The smallest absolute Gasteiger partial charge is 0.261 e. The van der Waals surface area contributed by atoms with E-state index in [-0.39, 0.29) is 29.9 Å². The van der Waals surface area contributed by atoms with Gasteiger partial charge in [-0.1, -0.05) is 81.4 Å². The second-order valence-corrected chi connectivity index (χ2v) is 11.9. The Kier molecular flexibility index (Phi) is 10.1. The highest BCUT2D eigenvalue weighted by Gasteiger charge is 2.31. The van der Waals surface area contributed by atoms with Gasteiger partial charge in [0.1, 0.15) is 11.8 Å². The van der Waals surface area contributed by atoms with Gasteiger partial charge in [0.15, 0.2) is 6.61 Å². The number of benzene rings is 3. The van der Waals surface area contributed by atoms with Crippen LogP contribution in [0, 0.1) is 6.92 Å². The van der Waals surface area contributed by atoms with Crippen LogP contribution in [-0.2, 0) is 28.0 Å². The van der Waals surface area contributed by atoms with E-state index in [1.165, 1.54) is 0 Å². The summed E-state index contributed by atoms with van der Waals surface area (Å²) in [4.78, 5) is 28.9. The maximum Gasteiger partial charge on any atom is 0.261 e. The summed E-state index contributed by atoms with van der Waals surface area (Å²) in [6, 6.07) is 22.9. The van der Waals surface area contributed by atoms with E-state index in [9.17, 15) is 9.59 Å². The van der Waals surface area contributed by atoms with Gasteiger partial charge in [-0.15, -0.1) is 0 Å². The first-order chi connectivity index (χ1) is 18.0. The Labute approximate surface area is 235 Å². The van der Waals surface area contributed by atoms with Crippen LogP contribution in [0.4, 0.5) is 0 Å². The van der Waals surface area contributed by atoms with E-state index in [2.05, 4.69) is 42.0 Å². The van der Waals surface area contributed by atoms with Crippen molar-refractivity contribution in [3.8, 4) is 5.75 Å². The maximum atomic E-state index is 13.8. The molecule has 0 radical (unpaired) electrons. The molecule has 0 saturated heterocycles. The molecule has 202 valence electrons. The first-order valence-electron chi connectivity index (χ1n) is 13.1. The van der Waals surface area contributed by atoms with Crippen molar-refractivity contribution in [2.45, 2.75) is 72.0 Å². The van der Waals surface area contributed by atoms with Crippen LogP contribution in [0.15, 0.2) is 77.3 Å². The fourth-order valence-corrected chi connectivity index (χ4v) is 4.71. The van der Waals surface area contributed by atoms with Crippen molar-refractivity contribution >= 4 is 27.7 Å². The topological polar surface area (TPSA) is 58.6 Å². The summed E-state index contributed by atoms with van der Waals surface area (Å²) in [6.45, 7) is 12.4.